The first-order valence-corrected chi connectivity index (χ1v) is 7.03. The summed E-state index contributed by atoms with van der Waals surface area (Å²) >= 11 is 3.43. The van der Waals surface area contributed by atoms with E-state index in [-0.39, 0.29) is 0 Å². The first-order valence-electron chi connectivity index (χ1n) is 6.24. The molecule has 1 aromatic carbocycles. The van der Waals surface area contributed by atoms with Gasteiger partial charge >= 0.3 is 0 Å². The quantitative estimate of drug-likeness (QED) is 0.911. The number of anilines is 1. The Kier molecular flexibility index (Phi) is 4.74. The lowest BCUT2D eigenvalue weighted by molar-refractivity contribution is 0.340. The standard InChI is InChI=1S/C14H16BrN3O/c1-3-16-14-12(15)9-17-13(18-14)10-5-7-11(8-6-10)19-4-2/h5-9H,3-4H2,1-2H3,(H,16,17,18). The lowest BCUT2D eigenvalue weighted by atomic mass is 10.2. The molecule has 19 heavy (non-hydrogen) atoms. The van der Waals surface area contributed by atoms with E-state index >= 15 is 0 Å². The summed E-state index contributed by atoms with van der Waals surface area (Å²) in [5.41, 5.74) is 0.968. The Balaban J connectivity index is 2.28. The van der Waals surface area contributed by atoms with Crippen molar-refractivity contribution >= 4 is 21.7 Å². The number of nitrogens with one attached hydrogen (secondary N) is 1. The summed E-state index contributed by atoms with van der Waals surface area (Å²) in [7, 11) is 0. The molecule has 5 heteroatoms. The van der Waals surface area contributed by atoms with E-state index in [1.165, 1.54) is 0 Å². The molecule has 0 spiro atoms. The van der Waals surface area contributed by atoms with Crippen molar-refractivity contribution in [2.45, 2.75) is 13.8 Å². The Bertz CT molecular complexity index is 543. The van der Waals surface area contributed by atoms with Gasteiger partial charge in [0.2, 0.25) is 0 Å². The van der Waals surface area contributed by atoms with Gasteiger partial charge in [-0.05, 0) is 54.0 Å². The second-order valence-corrected chi connectivity index (χ2v) is 4.73. The van der Waals surface area contributed by atoms with Gasteiger partial charge in [-0.1, -0.05) is 0 Å². The molecule has 0 fully saturated rings. The minimum Gasteiger partial charge on any atom is -0.494 e. The van der Waals surface area contributed by atoms with Gasteiger partial charge in [0.1, 0.15) is 11.6 Å². The predicted octanol–water partition coefficient (Wildman–Crippen LogP) is 3.74. The van der Waals surface area contributed by atoms with Crippen LogP contribution in [0.2, 0.25) is 0 Å². The first kappa shape index (κ1) is 13.8. The maximum absolute atomic E-state index is 5.42. The van der Waals surface area contributed by atoms with Crippen molar-refractivity contribution < 1.29 is 4.74 Å². The third kappa shape index (κ3) is 3.44. The van der Waals surface area contributed by atoms with Crippen LogP contribution in [0.4, 0.5) is 5.82 Å². The molecular formula is C14H16BrN3O. The average molecular weight is 322 g/mol. The maximum atomic E-state index is 5.42. The molecule has 0 atom stereocenters. The predicted molar refractivity (Wildman–Crippen MR) is 80.5 cm³/mol. The van der Waals surface area contributed by atoms with Crippen LogP contribution in [0.25, 0.3) is 11.4 Å². The summed E-state index contributed by atoms with van der Waals surface area (Å²) in [6.07, 6.45) is 1.76. The van der Waals surface area contributed by atoms with Gasteiger partial charge in [-0.3, -0.25) is 0 Å². The van der Waals surface area contributed by atoms with E-state index in [1.807, 2.05) is 38.1 Å². The van der Waals surface area contributed by atoms with Crippen LogP contribution >= 0.6 is 15.9 Å². The number of nitrogens with zero attached hydrogens (tertiary/aromatic N) is 2. The zero-order chi connectivity index (χ0) is 13.7. The van der Waals surface area contributed by atoms with Crippen LogP contribution in [0.15, 0.2) is 34.9 Å². The van der Waals surface area contributed by atoms with Crippen molar-refractivity contribution in [3.8, 4) is 17.1 Å². The molecule has 4 nitrogen and oxygen atoms in total. The van der Waals surface area contributed by atoms with E-state index in [1.54, 1.807) is 6.20 Å². The molecule has 0 bridgehead atoms. The van der Waals surface area contributed by atoms with Crippen molar-refractivity contribution in [2.75, 3.05) is 18.5 Å². The number of aromatic nitrogens is 2. The number of benzene rings is 1. The molecule has 0 unspecified atom stereocenters. The van der Waals surface area contributed by atoms with Crippen LogP contribution in [0, 0.1) is 0 Å². The van der Waals surface area contributed by atoms with Crippen molar-refractivity contribution in [1.29, 1.82) is 0 Å². The van der Waals surface area contributed by atoms with E-state index in [4.69, 9.17) is 4.74 Å². The minimum absolute atomic E-state index is 0.665. The number of hydrogen-bond acceptors (Lipinski definition) is 4. The topological polar surface area (TPSA) is 47.0 Å². The largest absolute Gasteiger partial charge is 0.494 e. The molecule has 100 valence electrons. The SMILES string of the molecule is CCNc1nc(-c2ccc(OCC)cc2)ncc1Br. The number of rotatable bonds is 5. The number of hydrogen-bond donors (Lipinski definition) is 1. The van der Waals surface area contributed by atoms with E-state index < -0.39 is 0 Å². The molecule has 0 saturated heterocycles. The Morgan fingerprint density at radius 1 is 1.21 bits per heavy atom. The van der Waals surface area contributed by atoms with Gasteiger partial charge in [-0.2, -0.15) is 0 Å². The highest BCUT2D eigenvalue weighted by atomic mass is 79.9. The van der Waals surface area contributed by atoms with Gasteiger partial charge < -0.3 is 10.1 Å². The fourth-order valence-electron chi connectivity index (χ4n) is 1.66. The van der Waals surface area contributed by atoms with E-state index in [9.17, 15) is 0 Å². The average Bonchev–Trinajstić information content (AvgIpc) is 2.43. The summed E-state index contributed by atoms with van der Waals surface area (Å²) in [4.78, 5) is 8.83. The third-order valence-electron chi connectivity index (χ3n) is 2.51. The molecule has 0 aliphatic heterocycles. The first-order chi connectivity index (χ1) is 9.24. The monoisotopic (exact) mass is 321 g/mol. The minimum atomic E-state index is 0.665. The van der Waals surface area contributed by atoms with Gasteiger partial charge in [0, 0.05) is 18.3 Å². The van der Waals surface area contributed by atoms with Crippen LogP contribution in [0.5, 0.6) is 5.75 Å². The molecule has 0 aliphatic carbocycles. The summed E-state index contributed by atoms with van der Waals surface area (Å²) in [5, 5.41) is 3.19. The van der Waals surface area contributed by atoms with E-state index in [0.717, 1.165) is 28.1 Å². The lowest BCUT2D eigenvalue weighted by Crippen LogP contribution is -2.02. The van der Waals surface area contributed by atoms with Gasteiger partial charge in [-0.25, -0.2) is 9.97 Å². The van der Waals surface area contributed by atoms with Crippen LogP contribution in [0.1, 0.15) is 13.8 Å². The summed E-state index contributed by atoms with van der Waals surface area (Å²) in [5.74, 6) is 2.36. The lowest BCUT2D eigenvalue weighted by Gasteiger charge is -2.08. The Morgan fingerprint density at radius 2 is 1.95 bits per heavy atom. The summed E-state index contributed by atoms with van der Waals surface area (Å²) in [6, 6.07) is 7.78. The summed E-state index contributed by atoms with van der Waals surface area (Å²) < 4.78 is 6.28. The van der Waals surface area contributed by atoms with Crippen molar-refractivity contribution in [3.63, 3.8) is 0 Å². The fraction of sp³-hybridized carbons (Fsp3) is 0.286. The van der Waals surface area contributed by atoms with Gasteiger partial charge in [0.15, 0.2) is 5.82 Å². The van der Waals surface area contributed by atoms with E-state index in [2.05, 4.69) is 31.2 Å². The number of ether oxygens (including phenoxy) is 1. The molecule has 1 aromatic heterocycles. The van der Waals surface area contributed by atoms with Gasteiger partial charge in [0.05, 0.1) is 11.1 Å². The Labute approximate surface area is 121 Å². The normalized spacial score (nSPS) is 10.3. The molecule has 1 heterocycles. The molecule has 1 N–H and O–H groups in total. The molecule has 2 aromatic rings. The molecule has 0 aliphatic rings. The highest BCUT2D eigenvalue weighted by molar-refractivity contribution is 9.10. The highest BCUT2D eigenvalue weighted by Gasteiger charge is 2.06. The Hall–Kier alpha value is -1.62. The molecule has 0 amide bonds. The maximum Gasteiger partial charge on any atom is 0.161 e. The van der Waals surface area contributed by atoms with Crippen LogP contribution < -0.4 is 10.1 Å². The van der Waals surface area contributed by atoms with E-state index in [0.29, 0.717) is 12.4 Å². The summed E-state index contributed by atoms with van der Waals surface area (Å²) in [6.45, 7) is 5.48. The van der Waals surface area contributed by atoms with Crippen LogP contribution in [-0.2, 0) is 0 Å². The zero-order valence-electron chi connectivity index (χ0n) is 11.0. The third-order valence-corrected chi connectivity index (χ3v) is 3.09. The zero-order valence-corrected chi connectivity index (χ0v) is 12.6. The molecule has 0 saturated carbocycles. The Morgan fingerprint density at radius 3 is 2.58 bits per heavy atom. The van der Waals surface area contributed by atoms with Crippen LogP contribution in [0.3, 0.4) is 0 Å². The molecule has 2 rings (SSSR count). The van der Waals surface area contributed by atoms with Crippen molar-refractivity contribution in [3.05, 3.63) is 34.9 Å². The molecular weight excluding hydrogens is 306 g/mol. The molecule has 0 radical (unpaired) electrons. The van der Waals surface area contributed by atoms with Crippen LogP contribution in [-0.4, -0.2) is 23.1 Å². The van der Waals surface area contributed by atoms with Gasteiger partial charge in [0.25, 0.3) is 0 Å². The fourth-order valence-corrected chi connectivity index (χ4v) is 2.00. The van der Waals surface area contributed by atoms with Crippen molar-refractivity contribution in [1.82, 2.24) is 9.97 Å². The second-order valence-electron chi connectivity index (χ2n) is 3.88. The highest BCUT2D eigenvalue weighted by Crippen LogP contribution is 2.24. The number of halogens is 1. The smallest absolute Gasteiger partial charge is 0.161 e. The van der Waals surface area contributed by atoms with Crippen molar-refractivity contribution in [2.24, 2.45) is 0 Å². The van der Waals surface area contributed by atoms with Gasteiger partial charge in [-0.15, -0.1) is 0 Å². The second kappa shape index (κ2) is 6.52.